The molecule has 1 amide bonds. The van der Waals surface area contributed by atoms with Crippen molar-refractivity contribution in [2.45, 2.75) is 57.3 Å². The Morgan fingerprint density at radius 1 is 1.07 bits per heavy atom. The van der Waals surface area contributed by atoms with E-state index in [-0.39, 0.29) is 19.3 Å². The van der Waals surface area contributed by atoms with Crippen LogP contribution < -0.4 is 5.32 Å². The summed E-state index contributed by atoms with van der Waals surface area (Å²) < 4.78 is 14.6. The van der Waals surface area contributed by atoms with E-state index in [2.05, 4.69) is 10.1 Å². The Morgan fingerprint density at radius 3 is 2.18 bits per heavy atom. The maximum absolute atomic E-state index is 12.3. The van der Waals surface area contributed by atoms with Gasteiger partial charge in [-0.15, -0.1) is 0 Å². The Kier molecular flexibility index (Phi) is 8.43. The lowest BCUT2D eigenvalue weighted by Gasteiger charge is -2.31. The van der Waals surface area contributed by atoms with Crippen LogP contribution in [0.25, 0.3) is 0 Å². The van der Waals surface area contributed by atoms with Gasteiger partial charge in [-0.2, -0.15) is 0 Å². The molecule has 0 aliphatic heterocycles. The number of aliphatic hydroxyl groups is 1. The summed E-state index contributed by atoms with van der Waals surface area (Å²) in [5.41, 5.74) is -2.05. The van der Waals surface area contributed by atoms with Crippen molar-refractivity contribution in [1.82, 2.24) is 5.32 Å². The molecule has 0 fully saturated rings. The van der Waals surface area contributed by atoms with E-state index >= 15 is 0 Å². The highest BCUT2D eigenvalue weighted by Gasteiger charge is 2.41. The Morgan fingerprint density at radius 2 is 1.68 bits per heavy atom. The third-order valence-corrected chi connectivity index (χ3v) is 3.97. The molecule has 156 valence electrons. The Bertz CT molecular complexity index is 669. The molecule has 1 aromatic carbocycles. The van der Waals surface area contributed by atoms with Gasteiger partial charge in [0, 0.05) is 12.8 Å². The maximum Gasteiger partial charge on any atom is 0.408 e. The second-order valence-electron chi connectivity index (χ2n) is 7.41. The summed E-state index contributed by atoms with van der Waals surface area (Å²) in [5, 5.41) is 13.6. The number of ether oxygens (including phenoxy) is 3. The normalized spacial score (nSPS) is 14.4. The fourth-order valence-corrected chi connectivity index (χ4v) is 2.61. The van der Waals surface area contributed by atoms with Gasteiger partial charge < -0.3 is 24.6 Å². The minimum Gasteiger partial charge on any atom is -0.469 e. The number of nitrogens with one attached hydrogen (secondary N) is 1. The highest BCUT2D eigenvalue weighted by Crippen LogP contribution is 2.29. The van der Waals surface area contributed by atoms with E-state index in [0.29, 0.717) is 5.56 Å². The lowest BCUT2D eigenvalue weighted by molar-refractivity contribution is -0.165. The average molecular weight is 395 g/mol. The van der Waals surface area contributed by atoms with Crippen LogP contribution in [0, 0.1) is 0 Å². The van der Waals surface area contributed by atoms with Crippen molar-refractivity contribution >= 4 is 18.0 Å². The van der Waals surface area contributed by atoms with Crippen LogP contribution in [0.1, 0.15) is 51.6 Å². The molecule has 2 atom stereocenters. The quantitative estimate of drug-likeness (QED) is 0.514. The maximum atomic E-state index is 12.3. The number of alkyl carbamates (subject to hydrolysis) is 1. The Balaban J connectivity index is 3.10. The molecule has 0 spiro atoms. The van der Waals surface area contributed by atoms with Gasteiger partial charge in [0.25, 0.3) is 0 Å². The Labute approximate surface area is 165 Å². The molecule has 0 bridgehead atoms. The van der Waals surface area contributed by atoms with Gasteiger partial charge in [0.05, 0.1) is 20.3 Å². The minimum atomic E-state index is -2.00. The number of amides is 1. The van der Waals surface area contributed by atoms with Crippen molar-refractivity contribution in [2.75, 3.05) is 14.2 Å². The fraction of sp³-hybridized carbons (Fsp3) is 0.550. The summed E-state index contributed by atoms with van der Waals surface area (Å²) in [6.45, 7) is 5.18. The largest absolute Gasteiger partial charge is 0.469 e. The van der Waals surface area contributed by atoms with Crippen LogP contribution in [-0.4, -0.2) is 48.6 Å². The van der Waals surface area contributed by atoms with Gasteiger partial charge >= 0.3 is 18.0 Å². The molecule has 0 aromatic heterocycles. The van der Waals surface area contributed by atoms with Crippen LogP contribution >= 0.6 is 0 Å². The molecule has 0 radical (unpaired) electrons. The van der Waals surface area contributed by atoms with E-state index in [1.54, 1.807) is 51.1 Å². The molecular formula is C20H29NO7. The zero-order valence-electron chi connectivity index (χ0n) is 17.0. The third-order valence-electron chi connectivity index (χ3n) is 3.97. The number of carbonyl (C=O) groups is 3. The first kappa shape index (κ1) is 23.4. The number of esters is 2. The van der Waals surface area contributed by atoms with Crippen molar-refractivity contribution in [2.24, 2.45) is 0 Å². The topological polar surface area (TPSA) is 111 Å². The van der Waals surface area contributed by atoms with E-state index in [1.807, 2.05) is 0 Å². The second-order valence-corrected chi connectivity index (χ2v) is 7.41. The molecule has 1 rings (SSSR count). The van der Waals surface area contributed by atoms with Crippen molar-refractivity contribution < 1.29 is 33.7 Å². The van der Waals surface area contributed by atoms with E-state index in [4.69, 9.17) is 9.47 Å². The first-order chi connectivity index (χ1) is 13.0. The molecule has 2 unspecified atom stereocenters. The highest BCUT2D eigenvalue weighted by molar-refractivity contribution is 5.80. The summed E-state index contributed by atoms with van der Waals surface area (Å²) in [7, 11) is 2.36. The van der Waals surface area contributed by atoms with Crippen LogP contribution in [-0.2, 0) is 23.8 Å². The van der Waals surface area contributed by atoms with Crippen molar-refractivity contribution in [3.05, 3.63) is 35.9 Å². The third kappa shape index (κ3) is 7.56. The Hall–Kier alpha value is -2.61. The van der Waals surface area contributed by atoms with Crippen LogP contribution in [0.15, 0.2) is 30.3 Å². The zero-order chi connectivity index (χ0) is 21.4. The number of rotatable bonds is 8. The predicted molar refractivity (Wildman–Crippen MR) is 101 cm³/mol. The molecule has 0 heterocycles. The number of benzene rings is 1. The molecule has 2 N–H and O–H groups in total. The van der Waals surface area contributed by atoms with E-state index in [0.717, 1.165) is 7.11 Å². The summed E-state index contributed by atoms with van der Waals surface area (Å²) >= 11 is 0. The number of hydrogen-bond acceptors (Lipinski definition) is 7. The van der Waals surface area contributed by atoms with Crippen LogP contribution in [0.4, 0.5) is 4.79 Å². The molecule has 0 aliphatic carbocycles. The van der Waals surface area contributed by atoms with Gasteiger partial charge in [-0.05, 0) is 32.8 Å². The summed E-state index contributed by atoms with van der Waals surface area (Å²) in [5.74, 6) is -1.47. The number of carbonyl (C=O) groups excluding carboxylic acids is 3. The van der Waals surface area contributed by atoms with Crippen molar-refractivity contribution in [1.29, 1.82) is 0 Å². The first-order valence-corrected chi connectivity index (χ1v) is 8.93. The van der Waals surface area contributed by atoms with E-state index < -0.39 is 35.3 Å². The molecule has 1 aromatic rings. The molecule has 28 heavy (non-hydrogen) atoms. The monoisotopic (exact) mass is 395 g/mol. The van der Waals surface area contributed by atoms with Gasteiger partial charge in [-0.3, -0.25) is 4.79 Å². The van der Waals surface area contributed by atoms with Gasteiger partial charge in [-0.1, -0.05) is 30.3 Å². The summed E-state index contributed by atoms with van der Waals surface area (Å²) in [6, 6.07) is 8.09. The van der Waals surface area contributed by atoms with Crippen molar-refractivity contribution in [3.8, 4) is 0 Å². The van der Waals surface area contributed by atoms with Gasteiger partial charge in [0.2, 0.25) is 0 Å². The summed E-state index contributed by atoms with van der Waals surface area (Å²) in [6.07, 6.45) is -1.30. The zero-order valence-corrected chi connectivity index (χ0v) is 17.0. The lowest BCUT2D eigenvalue weighted by Crippen LogP contribution is -2.45. The molecule has 8 nitrogen and oxygen atoms in total. The standard InChI is InChI=1S/C20H29NO7/c1-19(2,3)28-18(24)21-15(14-9-7-6-8-10-14)13-20(25,17(23)27-5)12-11-16(22)26-4/h6-10,15,25H,11-13H2,1-5H3,(H,21,24). The molecule has 0 saturated heterocycles. The molecular weight excluding hydrogens is 366 g/mol. The van der Waals surface area contributed by atoms with Gasteiger partial charge in [0.1, 0.15) is 5.60 Å². The average Bonchev–Trinajstić information content (AvgIpc) is 2.64. The van der Waals surface area contributed by atoms with Crippen LogP contribution in [0.3, 0.4) is 0 Å². The molecule has 8 heteroatoms. The van der Waals surface area contributed by atoms with Crippen molar-refractivity contribution in [3.63, 3.8) is 0 Å². The van der Waals surface area contributed by atoms with E-state index in [9.17, 15) is 19.5 Å². The van der Waals surface area contributed by atoms with Gasteiger partial charge in [0.15, 0.2) is 5.60 Å². The number of methoxy groups -OCH3 is 2. The smallest absolute Gasteiger partial charge is 0.408 e. The predicted octanol–water partition coefficient (Wildman–Crippen LogP) is 2.50. The fourth-order valence-electron chi connectivity index (χ4n) is 2.61. The summed E-state index contributed by atoms with van der Waals surface area (Å²) in [4.78, 5) is 36.0. The molecule has 0 saturated carbocycles. The highest BCUT2D eigenvalue weighted by atomic mass is 16.6. The van der Waals surface area contributed by atoms with Gasteiger partial charge in [-0.25, -0.2) is 9.59 Å². The van der Waals surface area contributed by atoms with Crippen LogP contribution in [0.2, 0.25) is 0 Å². The number of hydrogen-bond donors (Lipinski definition) is 2. The molecule has 0 aliphatic rings. The minimum absolute atomic E-state index is 0.184. The first-order valence-electron chi connectivity index (χ1n) is 8.93. The van der Waals surface area contributed by atoms with Crippen LogP contribution in [0.5, 0.6) is 0 Å². The van der Waals surface area contributed by atoms with E-state index in [1.165, 1.54) is 7.11 Å². The lowest BCUT2D eigenvalue weighted by atomic mass is 9.87. The second kappa shape index (κ2) is 10.1. The SMILES string of the molecule is COC(=O)CCC(O)(CC(NC(=O)OC(C)(C)C)c1ccccc1)C(=O)OC.